The average molecular weight is 234 g/mol. The van der Waals surface area contributed by atoms with Crippen molar-refractivity contribution in [3.63, 3.8) is 0 Å². The Morgan fingerprint density at radius 2 is 2.06 bits per heavy atom. The lowest BCUT2D eigenvalue weighted by Gasteiger charge is -2.30. The standard InChI is InChI=1S/C13H18N2O2/c1-8(2)15-12(17)7-11(16)13(15)9-5-3-4-6-10(9)14/h3-6,8,11,13,16H,7,14H2,1-2H3. The van der Waals surface area contributed by atoms with Gasteiger partial charge in [0.15, 0.2) is 0 Å². The van der Waals surface area contributed by atoms with Gasteiger partial charge in [-0.05, 0) is 19.9 Å². The van der Waals surface area contributed by atoms with Crippen molar-refractivity contribution in [1.82, 2.24) is 4.90 Å². The lowest BCUT2D eigenvalue weighted by molar-refractivity contribution is -0.130. The van der Waals surface area contributed by atoms with Gasteiger partial charge in [0.05, 0.1) is 18.6 Å². The first-order valence-corrected chi connectivity index (χ1v) is 5.86. The molecule has 4 nitrogen and oxygen atoms in total. The molecular weight excluding hydrogens is 216 g/mol. The average Bonchev–Trinajstić information content (AvgIpc) is 2.54. The van der Waals surface area contributed by atoms with Crippen molar-refractivity contribution in [3.8, 4) is 0 Å². The van der Waals surface area contributed by atoms with Gasteiger partial charge in [0, 0.05) is 17.3 Å². The second-order valence-electron chi connectivity index (χ2n) is 4.74. The summed E-state index contributed by atoms with van der Waals surface area (Å²) in [5, 5.41) is 10.0. The third-order valence-corrected chi connectivity index (χ3v) is 3.21. The lowest BCUT2D eigenvalue weighted by Crippen LogP contribution is -2.36. The third-order valence-electron chi connectivity index (χ3n) is 3.21. The number of hydrogen-bond acceptors (Lipinski definition) is 3. The van der Waals surface area contributed by atoms with Crippen molar-refractivity contribution < 1.29 is 9.90 Å². The first-order chi connectivity index (χ1) is 8.02. The second kappa shape index (κ2) is 4.37. The Morgan fingerprint density at radius 3 is 2.65 bits per heavy atom. The molecule has 1 aliphatic heterocycles. The largest absolute Gasteiger partial charge is 0.398 e. The zero-order chi connectivity index (χ0) is 12.6. The molecule has 1 aliphatic rings. The highest BCUT2D eigenvalue weighted by Gasteiger charge is 2.41. The van der Waals surface area contributed by atoms with Crippen LogP contribution in [0.15, 0.2) is 24.3 Å². The van der Waals surface area contributed by atoms with E-state index in [2.05, 4.69) is 0 Å². The normalized spacial score (nSPS) is 24.7. The topological polar surface area (TPSA) is 66.6 Å². The van der Waals surface area contributed by atoms with Gasteiger partial charge in [0.1, 0.15) is 0 Å². The number of nitrogen functional groups attached to an aromatic ring is 1. The SMILES string of the molecule is CC(C)N1C(=O)CC(O)C1c1ccccc1N. The molecule has 0 bridgehead atoms. The highest BCUT2D eigenvalue weighted by Crippen LogP contribution is 2.37. The summed E-state index contributed by atoms with van der Waals surface area (Å²) in [5.74, 6) is -0.0132. The van der Waals surface area contributed by atoms with E-state index in [1.165, 1.54) is 0 Å². The molecule has 0 saturated carbocycles. The summed E-state index contributed by atoms with van der Waals surface area (Å²) in [4.78, 5) is 13.6. The molecule has 1 amide bonds. The first kappa shape index (κ1) is 11.9. The second-order valence-corrected chi connectivity index (χ2v) is 4.74. The van der Waals surface area contributed by atoms with Crippen LogP contribution in [-0.4, -0.2) is 28.1 Å². The number of likely N-dealkylation sites (tertiary alicyclic amines) is 1. The highest BCUT2D eigenvalue weighted by molar-refractivity contribution is 5.81. The van der Waals surface area contributed by atoms with E-state index in [4.69, 9.17) is 5.73 Å². The highest BCUT2D eigenvalue weighted by atomic mass is 16.3. The number of nitrogens with two attached hydrogens (primary N) is 1. The van der Waals surface area contributed by atoms with E-state index in [1.54, 1.807) is 11.0 Å². The number of hydrogen-bond donors (Lipinski definition) is 2. The minimum atomic E-state index is -0.672. The number of aliphatic hydroxyl groups is 1. The maximum Gasteiger partial charge on any atom is 0.226 e. The Balaban J connectivity index is 2.42. The minimum absolute atomic E-state index is 0.0132. The fraction of sp³-hybridized carbons (Fsp3) is 0.462. The first-order valence-electron chi connectivity index (χ1n) is 5.86. The monoisotopic (exact) mass is 234 g/mol. The molecule has 0 aliphatic carbocycles. The summed E-state index contributed by atoms with van der Waals surface area (Å²) in [6.45, 7) is 3.89. The van der Waals surface area contributed by atoms with Crippen LogP contribution in [0.25, 0.3) is 0 Å². The van der Waals surface area contributed by atoms with Crippen LogP contribution in [0.5, 0.6) is 0 Å². The van der Waals surface area contributed by atoms with Crippen molar-refractivity contribution in [3.05, 3.63) is 29.8 Å². The molecule has 1 fully saturated rings. The summed E-state index contributed by atoms with van der Waals surface area (Å²) in [7, 11) is 0. The molecule has 3 N–H and O–H groups in total. The summed E-state index contributed by atoms with van der Waals surface area (Å²) in [6.07, 6.45) is -0.494. The maximum atomic E-state index is 11.8. The molecule has 0 spiro atoms. The van der Waals surface area contributed by atoms with Gasteiger partial charge in [-0.15, -0.1) is 0 Å². The van der Waals surface area contributed by atoms with Crippen molar-refractivity contribution in [2.24, 2.45) is 0 Å². The molecule has 2 atom stereocenters. The molecule has 1 aromatic carbocycles. The van der Waals surface area contributed by atoms with E-state index in [9.17, 15) is 9.90 Å². The number of carbonyl (C=O) groups is 1. The van der Waals surface area contributed by atoms with Crippen LogP contribution in [0.2, 0.25) is 0 Å². The van der Waals surface area contributed by atoms with E-state index in [0.29, 0.717) is 5.69 Å². The number of carbonyl (C=O) groups excluding carboxylic acids is 1. The van der Waals surface area contributed by atoms with Crippen LogP contribution in [0.1, 0.15) is 31.9 Å². The van der Waals surface area contributed by atoms with Gasteiger partial charge < -0.3 is 15.7 Å². The zero-order valence-electron chi connectivity index (χ0n) is 10.1. The fourth-order valence-corrected chi connectivity index (χ4v) is 2.48. The Hall–Kier alpha value is -1.55. The molecule has 1 aromatic rings. The molecule has 2 rings (SSSR count). The van der Waals surface area contributed by atoms with Gasteiger partial charge in [-0.3, -0.25) is 4.79 Å². The molecule has 0 aromatic heterocycles. The maximum absolute atomic E-state index is 11.8. The van der Waals surface area contributed by atoms with Crippen LogP contribution in [-0.2, 0) is 4.79 Å². The summed E-state index contributed by atoms with van der Waals surface area (Å²) < 4.78 is 0. The molecular formula is C13H18N2O2. The zero-order valence-corrected chi connectivity index (χ0v) is 10.1. The van der Waals surface area contributed by atoms with Gasteiger partial charge in [-0.2, -0.15) is 0 Å². The van der Waals surface area contributed by atoms with Crippen LogP contribution in [0.3, 0.4) is 0 Å². The Kier molecular flexibility index (Phi) is 3.07. The number of rotatable bonds is 2. The number of para-hydroxylation sites is 1. The minimum Gasteiger partial charge on any atom is -0.398 e. The van der Waals surface area contributed by atoms with Gasteiger partial charge in [-0.1, -0.05) is 18.2 Å². The molecule has 1 heterocycles. The van der Waals surface area contributed by atoms with Gasteiger partial charge >= 0.3 is 0 Å². The number of aliphatic hydroxyl groups excluding tert-OH is 1. The molecule has 1 saturated heterocycles. The quantitative estimate of drug-likeness (QED) is 0.758. The predicted molar refractivity (Wildman–Crippen MR) is 66.2 cm³/mol. The number of nitrogens with zero attached hydrogens (tertiary/aromatic N) is 1. The van der Waals surface area contributed by atoms with E-state index in [-0.39, 0.29) is 24.4 Å². The molecule has 17 heavy (non-hydrogen) atoms. The predicted octanol–water partition coefficient (Wildman–Crippen LogP) is 1.31. The van der Waals surface area contributed by atoms with Gasteiger partial charge in [0.25, 0.3) is 0 Å². The van der Waals surface area contributed by atoms with Crippen molar-refractivity contribution in [1.29, 1.82) is 0 Å². The van der Waals surface area contributed by atoms with Gasteiger partial charge in [-0.25, -0.2) is 0 Å². The smallest absolute Gasteiger partial charge is 0.226 e. The molecule has 4 heteroatoms. The fourth-order valence-electron chi connectivity index (χ4n) is 2.48. The lowest BCUT2D eigenvalue weighted by atomic mass is 10.00. The number of amides is 1. The van der Waals surface area contributed by atoms with Crippen LogP contribution in [0, 0.1) is 0 Å². The van der Waals surface area contributed by atoms with E-state index in [1.807, 2.05) is 32.0 Å². The summed E-state index contributed by atoms with van der Waals surface area (Å²) in [5.41, 5.74) is 7.38. The van der Waals surface area contributed by atoms with E-state index < -0.39 is 6.10 Å². The number of anilines is 1. The van der Waals surface area contributed by atoms with E-state index in [0.717, 1.165) is 5.56 Å². The van der Waals surface area contributed by atoms with Crippen molar-refractivity contribution in [2.75, 3.05) is 5.73 Å². The Bertz CT molecular complexity index is 431. The molecule has 92 valence electrons. The molecule has 2 unspecified atom stereocenters. The van der Waals surface area contributed by atoms with Crippen LogP contribution in [0.4, 0.5) is 5.69 Å². The number of benzene rings is 1. The third kappa shape index (κ3) is 2.00. The van der Waals surface area contributed by atoms with Crippen LogP contribution >= 0.6 is 0 Å². The van der Waals surface area contributed by atoms with Crippen LogP contribution < -0.4 is 5.73 Å². The summed E-state index contributed by atoms with van der Waals surface area (Å²) >= 11 is 0. The van der Waals surface area contributed by atoms with Crippen molar-refractivity contribution in [2.45, 2.75) is 38.5 Å². The Labute approximate surface area is 101 Å². The van der Waals surface area contributed by atoms with Crippen molar-refractivity contribution >= 4 is 11.6 Å². The Morgan fingerprint density at radius 1 is 1.41 bits per heavy atom. The van der Waals surface area contributed by atoms with E-state index >= 15 is 0 Å². The summed E-state index contributed by atoms with van der Waals surface area (Å²) in [6, 6.07) is 7.13. The molecule has 0 radical (unpaired) electrons. The van der Waals surface area contributed by atoms with Gasteiger partial charge in [0.2, 0.25) is 5.91 Å².